The number of carbonyl (C=O) groups is 1. The summed E-state index contributed by atoms with van der Waals surface area (Å²) in [6.07, 6.45) is 6.51. The van der Waals surface area contributed by atoms with E-state index in [4.69, 9.17) is 16.3 Å². The van der Waals surface area contributed by atoms with Gasteiger partial charge in [0.1, 0.15) is 0 Å². The minimum atomic E-state index is -0.0982. The lowest BCUT2D eigenvalue weighted by Crippen LogP contribution is -2.47. The van der Waals surface area contributed by atoms with E-state index in [0.717, 1.165) is 45.5 Å². The van der Waals surface area contributed by atoms with Gasteiger partial charge in [-0.3, -0.25) is 14.7 Å². The molecule has 0 unspecified atom stereocenters. The highest BCUT2D eigenvalue weighted by molar-refractivity contribution is 6.30. The molecule has 1 spiro atoms. The van der Waals surface area contributed by atoms with Gasteiger partial charge in [0.05, 0.1) is 12.2 Å². The number of likely N-dealkylation sites (tertiary alicyclic amines) is 1. The normalized spacial score (nSPS) is 21.4. The summed E-state index contributed by atoms with van der Waals surface area (Å²) in [5.74, 6) is 0.0561. The second-order valence-corrected chi connectivity index (χ2v) is 8.37. The summed E-state index contributed by atoms with van der Waals surface area (Å²) < 4.78 is 6.29. The fraction of sp³-hybridized carbons (Fsp3) is 0.455. The maximum absolute atomic E-state index is 12.7. The summed E-state index contributed by atoms with van der Waals surface area (Å²) in [5, 5.41) is 0.595. The van der Waals surface area contributed by atoms with Crippen LogP contribution in [0.25, 0.3) is 0 Å². The fourth-order valence-electron chi connectivity index (χ4n) is 4.28. The molecule has 0 saturated carbocycles. The molecule has 1 atom stereocenters. The Balaban J connectivity index is 1.32. The third-order valence-electron chi connectivity index (χ3n) is 6.00. The number of pyridine rings is 1. The van der Waals surface area contributed by atoms with Crippen LogP contribution in [0.4, 0.5) is 0 Å². The van der Waals surface area contributed by atoms with Crippen LogP contribution in [-0.2, 0) is 11.3 Å². The number of nitrogens with zero attached hydrogens (tertiary/aromatic N) is 3. The summed E-state index contributed by atoms with van der Waals surface area (Å²) in [6.45, 7) is 3.07. The molecule has 2 aliphatic heterocycles. The molecule has 2 aliphatic rings. The molecule has 0 bridgehead atoms. The van der Waals surface area contributed by atoms with Crippen LogP contribution in [0, 0.1) is 0 Å². The lowest BCUT2D eigenvalue weighted by atomic mass is 9.87. The third kappa shape index (κ3) is 4.22. The van der Waals surface area contributed by atoms with Gasteiger partial charge in [0.25, 0.3) is 5.91 Å². The van der Waals surface area contributed by atoms with Crippen molar-refractivity contribution in [2.24, 2.45) is 0 Å². The summed E-state index contributed by atoms with van der Waals surface area (Å²) in [5.41, 5.74) is 1.77. The van der Waals surface area contributed by atoms with Gasteiger partial charge in [0.15, 0.2) is 0 Å². The summed E-state index contributed by atoms with van der Waals surface area (Å²) in [7, 11) is 2.15. The first-order chi connectivity index (χ1) is 13.5. The first-order valence-corrected chi connectivity index (χ1v) is 10.2. The molecule has 0 N–H and O–H groups in total. The van der Waals surface area contributed by atoms with Crippen molar-refractivity contribution in [1.29, 1.82) is 0 Å². The topological polar surface area (TPSA) is 45.7 Å². The molecule has 6 heteroatoms. The summed E-state index contributed by atoms with van der Waals surface area (Å²) >= 11 is 6.03. The zero-order chi connectivity index (χ0) is 19.6. The number of halogens is 1. The van der Waals surface area contributed by atoms with Crippen LogP contribution in [0.2, 0.25) is 5.02 Å². The average Bonchev–Trinajstić information content (AvgIpc) is 3.13. The van der Waals surface area contributed by atoms with Crippen LogP contribution in [0.3, 0.4) is 0 Å². The molecule has 3 heterocycles. The van der Waals surface area contributed by atoms with E-state index in [2.05, 4.69) is 23.0 Å². The standard InChI is InChI=1S/C22H26ClN3O2/c1-25(15-17-4-3-9-24-14-17)20-13-22(28-16-20)7-10-26(11-8-22)21(27)18-5-2-6-19(23)12-18/h2-6,9,12,14,20H,7-8,10-11,13,15-16H2,1H3/t20-/m1/s1. The number of benzene rings is 1. The molecule has 1 amide bonds. The summed E-state index contributed by atoms with van der Waals surface area (Å²) in [4.78, 5) is 21.2. The van der Waals surface area contributed by atoms with Crippen LogP contribution in [0.15, 0.2) is 48.8 Å². The minimum Gasteiger partial charge on any atom is -0.373 e. The van der Waals surface area contributed by atoms with Gasteiger partial charge in [-0.25, -0.2) is 0 Å². The van der Waals surface area contributed by atoms with Gasteiger partial charge >= 0.3 is 0 Å². The number of aromatic nitrogens is 1. The van der Waals surface area contributed by atoms with Gasteiger partial charge in [0, 0.05) is 48.7 Å². The van der Waals surface area contributed by atoms with Gasteiger partial charge < -0.3 is 9.64 Å². The van der Waals surface area contributed by atoms with Crippen LogP contribution in [-0.4, -0.2) is 59.1 Å². The van der Waals surface area contributed by atoms with E-state index in [9.17, 15) is 4.79 Å². The lowest BCUT2D eigenvalue weighted by Gasteiger charge is -2.39. The Labute approximate surface area is 171 Å². The molecule has 1 aromatic heterocycles. The molecule has 28 heavy (non-hydrogen) atoms. The van der Waals surface area contributed by atoms with Crippen LogP contribution in [0.1, 0.15) is 35.2 Å². The highest BCUT2D eigenvalue weighted by Gasteiger charge is 2.44. The monoisotopic (exact) mass is 399 g/mol. The smallest absolute Gasteiger partial charge is 0.253 e. The zero-order valence-electron chi connectivity index (χ0n) is 16.2. The Morgan fingerprint density at radius 3 is 2.86 bits per heavy atom. The van der Waals surface area contributed by atoms with E-state index < -0.39 is 0 Å². The Morgan fingerprint density at radius 2 is 2.14 bits per heavy atom. The molecule has 1 aromatic carbocycles. The van der Waals surface area contributed by atoms with Gasteiger partial charge in [-0.15, -0.1) is 0 Å². The van der Waals surface area contributed by atoms with Crippen molar-refractivity contribution >= 4 is 17.5 Å². The van der Waals surface area contributed by atoms with E-state index in [1.54, 1.807) is 18.3 Å². The van der Waals surface area contributed by atoms with Crippen molar-refractivity contribution in [2.75, 3.05) is 26.7 Å². The summed E-state index contributed by atoms with van der Waals surface area (Å²) in [6, 6.07) is 11.7. The Kier molecular flexibility index (Phi) is 5.67. The number of amides is 1. The van der Waals surface area contributed by atoms with E-state index in [1.165, 1.54) is 5.56 Å². The van der Waals surface area contributed by atoms with E-state index in [1.807, 2.05) is 29.3 Å². The molecule has 4 rings (SSSR count). The molecule has 2 fully saturated rings. The van der Waals surface area contributed by atoms with Gasteiger partial charge in [-0.05, 0) is 56.1 Å². The Bertz CT molecular complexity index is 822. The number of hydrogen-bond donors (Lipinski definition) is 0. The number of carbonyl (C=O) groups excluding carboxylic acids is 1. The zero-order valence-corrected chi connectivity index (χ0v) is 16.9. The van der Waals surface area contributed by atoms with E-state index >= 15 is 0 Å². The number of rotatable bonds is 4. The Hall–Kier alpha value is -1.95. The fourth-order valence-corrected chi connectivity index (χ4v) is 4.47. The number of piperidine rings is 1. The molecule has 2 aromatic rings. The van der Waals surface area contributed by atoms with E-state index in [-0.39, 0.29) is 11.5 Å². The molecular weight excluding hydrogens is 374 g/mol. The molecular formula is C22H26ClN3O2. The highest BCUT2D eigenvalue weighted by Crippen LogP contribution is 2.38. The predicted molar refractivity (Wildman–Crippen MR) is 109 cm³/mol. The van der Waals surface area contributed by atoms with Crippen molar-refractivity contribution < 1.29 is 9.53 Å². The van der Waals surface area contributed by atoms with Crippen molar-refractivity contribution in [3.8, 4) is 0 Å². The molecule has 5 nitrogen and oxygen atoms in total. The SMILES string of the molecule is CN(Cc1cccnc1)[C@H]1COC2(CCN(C(=O)c3cccc(Cl)c3)CC2)C1. The van der Waals surface area contributed by atoms with Crippen LogP contribution >= 0.6 is 11.6 Å². The molecule has 0 radical (unpaired) electrons. The maximum atomic E-state index is 12.7. The third-order valence-corrected chi connectivity index (χ3v) is 6.24. The van der Waals surface area contributed by atoms with Crippen molar-refractivity contribution in [3.63, 3.8) is 0 Å². The van der Waals surface area contributed by atoms with Gasteiger partial charge in [0.2, 0.25) is 0 Å². The van der Waals surface area contributed by atoms with Gasteiger partial charge in [-0.2, -0.15) is 0 Å². The number of ether oxygens (including phenoxy) is 1. The van der Waals surface area contributed by atoms with Crippen molar-refractivity contribution in [3.05, 3.63) is 64.9 Å². The molecule has 2 saturated heterocycles. The van der Waals surface area contributed by atoms with Crippen LogP contribution in [0.5, 0.6) is 0 Å². The highest BCUT2D eigenvalue weighted by atomic mass is 35.5. The Morgan fingerprint density at radius 1 is 1.32 bits per heavy atom. The second-order valence-electron chi connectivity index (χ2n) is 7.93. The minimum absolute atomic E-state index is 0.0561. The quantitative estimate of drug-likeness (QED) is 0.787. The van der Waals surface area contributed by atoms with Crippen molar-refractivity contribution in [1.82, 2.24) is 14.8 Å². The first kappa shape index (κ1) is 19.4. The number of hydrogen-bond acceptors (Lipinski definition) is 4. The van der Waals surface area contributed by atoms with Crippen LogP contribution < -0.4 is 0 Å². The largest absolute Gasteiger partial charge is 0.373 e. The van der Waals surface area contributed by atoms with Gasteiger partial charge in [-0.1, -0.05) is 23.7 Å². The molecule has 0 aliphatic carbocycles. The lowest BCUT2D eigenvalue weighted by molar-refractivity contribution is -0.0393. The van der Waals surface area contributed by atoms with E-state index in [0.29, 0.717) is 16.6 Å². The average molecular weight is 400 g/mol. The second kappa shape index (κ2) is 8.19. The maximum Gasteiger partial charge on any atom is 0.253 e. The number of likely N-dealkylation sites (N-methyl/N-ethyl adjacent to an activating group) is 1. The first-order valence-electron chi connectivity index (χ1n) is 9.83. The molecule has 148 valence electrons. The predicted octanol–water partition coefficient (Wildman–Crippen LogP) is 3.63. The van der Waals surface area contributed by atoms with Crippen molar-refractivity contribution in [2.45, 2.75) is 37.5 Å².